The summed E-state index contributed by atoms with van der Waals surface area (Å²) in [5, 5.41) is 9.90. The summed E-state index contributed by atoms with van der Waals surface area (Å²) in [4.78, 5) is 15.3. The highest BCUT2D eigenvalue weighted by Gasteiger charge is 2.36. The second kappa shape index (κ2) is 12.7. The summed E-state index contributed by atoms with van der Waals surface area (Å²) in [6.45, 7) is 3.29. The number of likely N-dealkylation sites (N-methyl/N-ethyl adjacent to an activating group) is 1. The van der Waals surface area contributed by atoms with Gasteiger partial charge in [0.1, 0.15) is 11.9 Å². The topological polar surface area (TPSA) is 143 Å². The molecule has 226 valence electrons. The number of amides is 1. The van der Waals surface area contributed by atoms with Crippen molar-refractivity contribution in [2.24, 2.45) is 5.92 Å². The molecule has 11 nitrogen and oxygen atoms in total. The zero-order valence-electron chi connectivity index (χ0n) is 23.8. The van der Waals surface area contributed by atoms with E-state index < -0.39 is 44.0 Å². The monoisotopic (exact) mass is 617 g/mol. The zero-order valence-corrected chi connectivity index (χ0v) is 25.4. The van der Waals surface area contributed by atoms with Gasteiger partial charge in [-0.05, 0) is 55.5 Å². The van der Waals surface area contributed by atoms with E-state index in [1.165, 1.54) is 78.0 Å². The number of ether oxygens (including phenoxy) is 2. The van der Waals surface area contributed by atoms with Crippen molar-refractivity contribution in [2.75, 3.05) is 38.6 Å². The van der Waals surface area contributed by atoms with Crippen LogP contribution in [0.3, 0.4) is 0 Å². The highest BCUT2D eigenvalue weighted by atomic mass is 32.2. The van der Waals surface area contributed by atoms with Crippen molar-refractivity contribution in [2.45, 2.75) is 35.8 Å². The molecule has 0 spiro atoms. The van der Waals surface area contributed by atoms with Crippen molar-refractivity contribution in [3.8, 4) is 11.5 Å². The van der Waals surface area contributed by atoms with Gasteiger partial charge < -0.3 is 19.5 Å². The van der Waals surface area contributed by atoms with Crippen LogP contribution in [0.4, 0.5) is 5.69 Å². The summed E-state index contributed by atoms with van der Waals surface area (Å²) in [5.74, 6) is -0.405. The Hall–Kier alpha value is -3.65. The Bertz CT molecular complexity index is 1610. The van der Waals surface area contributed by atoms with Crippen LogP contribution in [0.5, 0.6) is 11.5 Å². The third kappa shape index (κ3) is 6.54. The maximum Gasteiger partial charge on any atom is 0.262 e. The van der Waals surface area contributed by atoms with Crippen molar-refractivity contribution >= 4 is 31.6 Å². The van der Waals surface area contributed by atoms with E-state index in [0.717, 1.165) is 0 Å². The molecule has 42 heavy (non-hydrogen) atoms. The van der Waals surface area contributed by atoms with Crippen LogP contribution in [0.15, 0.2) is 82.6 Å². The van der Waals surface area contributed by atoms with E-state index in [1.54, 1.807) is 25.1 Å². The van der Waals surface area contributed by atoms with Crippen molar-refractivity contribution in [3.63, 3.8) is 0 Å². The molecule has 0 radical (unpaired) electrons. The molecule has 3 aromatic carbocycles. The van der Waals surface area contributed by atoms with E-state index in [-0.39, 0.29) is 46.5 Å². The maximum absolute atomic E-state index is 13.7. The minimum atomic E-state index is -4.11. The molecule has 0 aromatic heterocycles. The number of hydrogen-bond donors (Lipinski definition) is 2. The van der Waals surface area contributed by atoms with E-state index in [9.17, 15) is 26.7 Å². The molecular formula is C29H35N3O8S2. The van der Waals surface area contributed by atoms with Crippen LogP contribution >= 0.6 is 0 Å². The normalized spacial score (nSPS) is 18.4. The highest BCUT2D eigenvalue weighted by Crippen LogP contribution is 2.36. The first-order valence-corrected chi connectivity index (χ1v) is 16.2. The van der Waals surface area contributed by atoms with Crippen molar-refractivity contribution < 1.29 is 36.2 Å². The lowest BCUT2D eigenvalue weighted by Gasteiger charge is -2.38. The van der Waals surface area contributed by atoms with E-state index in [0.29, 0.717) is 5.75 Å². The first kappa shape index (κ1) is 31.3. The fourth-order valence-corrected chi connectivity index (χ4v) is 6.89. The van der Waals surface area contributed by atoms with Crippen LogP contribution in [-0.4, -0.2) is 83.1 Å². The molecule has 13 heteroatoms. The van der Waals surface area contributed by atoms with Gasteiger partial charge in [0, 0.05) is 19.5 Å². The van der Waals surface area contributed by atoms with Crippen LogP contribution in [0.2, 0.25) is 0 Å². The average molecular weight is 618 g/mol. The van der Waals surface area contributed by atoms with Crippen LogP contribution in [0.25, 0.3) is 0 Å². The molecule has 1 heterocycles. The smallest absolute Gasteiger partial charge is 0.262 e. The van der Waals surface area contributed by atoms with E-state index in [2.05, 4.69) is 4.72 Å². The first-order valence-electron chi connectivity index (χ1n) is 13.3. The summed E-state index contributed by atoms with van der Waals surface area (Å²) < 4.78 is 68.5. The lowest BCUT2D eigenvalue weighted by atomic mass is 9.99. The van der Waals surface area contributed by atoms with Gasteiger partial charge in [-0.15, -0.1) is 0 Å². The number of nitrogens with zero attached hydrogens (tertiary/aromatic N) is 2. The predicted molar refractivity (Wildman–Crippen MR) is 158 cm³/mol. The second-order valence-corrected chi connectivity index (χ2v) is 13.9. The minimum absolute atomic E-state index is 0.0148. The number of nitrogens with one attached hydrogen (secondary N) is 1. The standard InChI is InChI=1S/C29H35N3O8S2/c1-20-17-32(21(2)19-33)29(34)25-11-8-12-26(30-41(35,36)23-15-13-22(39-4)14-16-23)28(25)40-27(20)18-31(3)42(37,38)24-9-6-5-7-10-24/h5-16,20-21,27,30,33H,17-19H2,1-4H3/t20-,21+,27-/m1/s1. The van der Waals surface area contributed by atoms with Gasteiger partial charge in [-0.25, -0.2) is 16.8 Å². The number of methoxy groups -OCH3 is 1. The average Bonchev–Trinajstić information content (AvgIpc) is 2.99. The number of aliphatic hydroxyl groups is 1. The summed E-state index contributed by atoms with van der Waals surface area (Å²) >= 11 is 0. The van der Waals surface area contributed by atoms with Gasteiger partial charge in [-0.3, -0.25) is 9.52 Å². The predicted octanol–water partition coefficient (Wildman–Crippen LogP) is 3.04. The lowest BCUT2D eigenvalue weighted by molar-refractivity contribution is 0.0389. The number of hydrogen-bond acceptors (Lipinski definition) is 8. The quantitative estimate of drug-likeness (QED) is 0.354. The van der Waals surface area contributed by atoms with Crippen molar-refractivity contribution in [1.29, 1.82) is 0 Å². The number of aliphatic hydroxyl groups excluding tert-OH is 1. The van der Waals surface area contributed by atoms with E-state index in [4.69, 9.17) is 9.47 Å². The molecule has 0 fully saturated rings. The molecule has 0 unspecified atom stereocenters. The second-order valence-electron chi connectivity index (χ2n) is 10.2. The summed E-state index contributed by atoms with van der Waals surface area (Å²) in [5.41, 5.74) is 0.0941. The SMILES string of the molecule is COc1ccc(S(=O)(=O)Nc2cccc3c2O[C@H](CN(C)S(=O)(=O)c2ccccc2)[C@H](C)CN([C@@H](C)CO)C3=O)cc1. The largest absolute Gasteiger partial charge is 0.497 e. The number of rotatable bonds is 10. The molecule has 1 amide bonds. The highest BCUT2D eigenvalue weighted by molar-refractivity contribution is 7.92. The number of para-hydroxylation sites is 1. The molecule has 4 rings (SSSR count). The molecule has 0 aliphatic carbocycles. The number of sulfonamides is 2. The Balaban J connectivity index is 1.75. The molecule has 0 saturated carbocycles. The van der Waals surface area contributed by atoms with Crippen molar-refractivity contribution in [1.82, 2.24) is 9.21 Å². The Morgan fingerprint density at radius 2 is 1.69 bits per heavy atom. The summed E-state index contributed by atoms with van der Waals surface area (Å²) in [6, 6.07) is 17.7. The number of fused-ring (bicyclic) bond motifs is 1. The van der Waals surface area contributed by atoms with Gasteiger partial charge in [0.15, 0.2) is 5.75 Å². The Kier molecular flexibility index (Phi) is 9.46. The van der Waals surface area contributed by atoms with Crippen LogP contribution in [-0.2, 0) is 20.0 Å². The molecular weight excluding hydrogens is 582 g/mol. The van der Waals surface area contributed by atoms with Crippen LogP contribution in [0.1, 0.15) is 24.2 Å². The molecule has 1 aliphatic rings. The van der Waals surface area contributed by atoms with Crippen molar-refractivity contribution in [3.05, 3.63) is 78.4 Å². The van der Waals surface area contributed by atoms with Gasteiger partial charge in [0.05, 0.1) is 47.3 Å². The first-order chi connectivity index (χ1) is 19.9. The van der Waals surface area contributed by atoms with Crippen LogP contribution in [0, 0.1) is 5.92 Å². The maximum atomic E-state index is 13.7. The third-order valence-corrected chi connectivity index (χ3v) is 10.4. The number of anilines is 1. The zero-order chi connectivity index (χ0) is 30.7. The Morgan fingerprint density at radius 1 is 1.02 bits per heavy atom. The molecule has 2 N–H and O–H groups in total. The Labute approximate surface area is 246 Å². The summed E-state index contributed by atoms with van der Waals surface area (Å²) in [7, 11) is -5.08. The number of carbonyl (C=O) groups is 1. The third-order valence-electron chi connectivity index (χ3n) is 7.19. The van der Waals surface area contributed by atoms with Gasteiger partial charge in [0.2, 0.25) is 10.0 Å². The van der Waals surface area contributed by atoms with Gasteiger partial charge in [-0.1, -0.05) is 31.2 Å². The van der Waals surface area contributed by atoms with E-state index in [1.807, 2.05) is 6.92 Å². The number of carbonyl (C=O) groups excluding carboxylic acids is 1. The van der Waals surface area contributed by atoms with Gasteiger partial charge in [-0.2, -0.15) is 4.31 Å². The molecule has 0 bridgehead atoms. The Morgan fingerprint density at radius 3 is 2.31 bits per heavy atom. The molecule has 0 saturated heterocycles. The fraction of sp³-hybridized carbons (Fsp3) is 0.345. The van der Waals surface area contributed by atoms with E-state index >= 15 is 0 Å². The minimum Gasteiger partial charge on any atom is -0.497 e. The summed E-state index contributed by atoms with van der Waals surface area (Å²) in [6.07, 6.45) is -0.791. The van der Waals surface area contributed by atoms with Crippen LogP contribution < -0.4 is 14.2 Å². The number of benzene rings is 3. The van der Waals surface area contributed by atoms with Gasteiger partial charge in [0.25, 0.3) is 15.9 Å². The molecule has 1 aliphatic heterocycles. The fourth-order valence-electron chi connectivity index (χ4n) is 4.62. The molecule has 3 aromatic rings. The lowest BCUT2D eigenvalue weighted by Crippen LogP contribution is -2.50. The molecule has 3 atom stereocenters. The van der Waals surface area contributed by atoms with Gasteiger partial charge >= 0.3 is 0 Å².